The Morgan fingerprint density at radius 2 is 1.51 bits per heavy atom. The van der Waals surface area contributed by atoms with E-state index < -0.39 is 17.6 Å². The molecule has 7 nitrogen and oxygen atoms in total. The maximum atomic E-state index is 12.9. The van der Waals surface area contributed by atoms with Crippen molar-refractivity contribution in [2.45, 2.75) is 19.5 Å². The Morgan fingerprint density at radius 3 is 2.19 bits per heavy atom. The molecule has 0 saturated heterocycles. The number of nitrogens with one attached hydrogen (secondary N) is 3. The molecular formula is C27H24F3N5O2. The summed E-state index contributed by atoms with van der Waals surface area (Å²) in [5.74, 6) is 1.33. The molecule has 37 heavy (non-hydrogen) atoms. The fourth-order valence-corrected chi connectivity index (χ4v) is 3.52. The van der Waals surface area contributed by atoms with Crippen LogP contribution in [-0.2, 0) is 17.4 Å². The molecule has 3 N–H and O–H groups in total. The number of hydrogen-bond acceptors (Lipinski definition) is 6. The summed E-state index contributed by atoms with van der Waals surface area (Å²) in [4.78, 5) is 21.2. The van der Waals surface area contributed by atoms with Crippen molar-refractivity contribution in [2.75, 3.05) is 23.1 Å². The number of ether oxygens (including phenoxy) is 1. The zero-order valence-corrected chi connectivity index (χ0v) is 20.1. The van der Waals surface area contributed by atoms with Gasteiger partial charge in [-0.1, -0.05) is 18.2 Å². The van der Waals surface area contributed by atoms with Crippen LogP contribution in [0.15, 0.2) is 78.9 Å². The summed E-state index contributed by atoms with van der Waals surface area (Å²) >= 11 is 0. The summed E-state index contributed by atoms with van der Waals surface area (Å²) in [6, 6.07) is 20.8. The van der Waals surface area contributed by atoms with Crippen molar-refractivity contribution in [3.8, 4) is 5.75 Å². The standard InChI is InChI=1S/C27H24F3N5O2/c1-17-14-24(32-20-10-12-23(37-2)13-11-20)35-26(31-17)34-22-8-6-21(7-9-22)33-25(36)16-18-4-3-5-19(15-18)27(28,29)30/h3-15H,16H2,1-2H3,(H,33,36)(H2,31,32,34,35). The number of aryl methyl sites for hydroxylation is 1. The minimum absolute atomic E-state index is 0.176. The molecule has 4 aromatic rings. The van der Waals surface area contributed by atoms with Crippen LogP contribution in [0.5, 0.6) is 5.75 Å². The minimum atomic E-state index is -4.46. The lowest BCUT2D eigenvalue weighted by molar-refractivity contribution is -0.137. The van der Waals surface area contributed by atoms with E-state index in [0.29, 0.717) is 23.1 Å². The highest BCUT2D eigenvalue weighted by atomic mass is 19.4. The molecule has 0 radical (unpaired) electrons. The average molecular weight is 508 g/mol. The highest BCUT2D eigenvalue weighted by molar-refractivity contribution is 5.92. The van der Waals surface area contributed by atoms with E-state index in [0.717, 1.165) is 29.3 Å². The van der Waals surface area contributed by atoms with E-state index in [1.807, 2.05) is 37.3 Å². The smallest absolute Gasteiger partial charge is 0.416 e. The zero-order chi connectivity index (χ0) is 26.4. The summed E-state index contributed by atoms with van der Waals surface area (Å²) in [5, 5.41) is 9.05. The fraction of sp³-hybridized carbons (Fsp3) is 0.148. The number of amides is 1. The first-order chi connectivity index (χ1) is 17.7. The van der Waals surface area contributed by atoms with E-state index in [2.05, 4.69) is 25.9 Å². The van der Waals surface area contributed by atoms with Gasteiger partial charge in [-0.2, -0.15) is 18.2 Å². The van der Waals surface area contributed by atoms with Crippen LogP contribution >= 0.6 is 0 Å². The lowest BCUT2D eigenvalue weighted by Gasteiger charge is -2.11. The summed E-state index contributed by atoms with van der Waals surface area (Å²) in [6.45, 7) is 1.86. The first-order valence-electron chi connectivity index (χ1n) is 11.3. The van der Waals surface area contributed by atoms with Gasteiger partial charge in [0.15, 0.2) is 0 Å². The normalized spacial score (nSPS) is 11.1. The fourth-order valence-electron chi connectivity index (χ4n) is 3.52. The van der Waals surface area contributed by atoms with E-state index in [-0.39, 0.29) is 12.0 Å². The van der Waals surface area contributed by atoms with E-state index >= 15 is 0 Å². The number of carbonyl (C=O) groups is 1. The summed E-state index contributed by atoms with van der Waals surface area (Å²) in [5.41, 5.74) is 2.30. The number of anilines is 5. The molecule has 0 aliphatic carbocycles. The van der Waals surface area contributed by atoms with Gasteiger partial charge in [-0.3, -0.25) is 4.79 Å². The molecule has 10 heteroatoms. The van der Waals surface area contributed by atoms with E-state index in [1.54, 1.807) is 31.4 Å². The number of aromatic nitrogens is 2. The third-order valence-electron chi connectivity index (χ3n) is 5.26. The molecule has 0 aliphatic rings. The first kappa shape index (κ1) is 25.5. The molecule has 0 atom stereocenters. The number of rotatable bonds is 8. The maximum Gasteiger partial charge on any atom is 0.416 e. The Morgan fingerprint density at radius 1 is 0.865 bits per heavy atom. The number of benzene rings is 3. The SMILES string of the molecule is COc1ccc(Nc2cc(C)nc(Nc3ccc(NC(=O)Cc4cccc(C(F)(F)F)c4)cc3)n2)cc1. The zero-order valence-electron chi connectivity index (χ0n) is 20.1. The molecule has 1 aromatic heterocycles. The van der Waals surface area contributed by atoms with Crippen molar-refractivity contribution in [3.63, 3.8) is 0 Å². The van der Waals surface area contributed by atoms with Crippen molar-refractivity contribution in [3.05, 3.63) is 95.7 Å². The predicted octanol–water partition coefficient (Wildman–Crippen LogP) is 6.48. The average Bonchev–Trinajstić information content (AvgIpc) is 2.85. The monoisotopic (exact) mass is 507 g/mol. The largest absolute Gasteiger partial charge is 0.497 e. The summed E-state index contributed by atoms with van der Waals surface area (Å²) in [7, 11) is 1.61. The molecular weight excluding hydrogens is 483 g/mol. The van der Waals surface area contributed by atoms with E-state index in [9.17, 15) is 18.0 Å². The number of halogens is 3. The number of carbonyl (C=O) groups excluding carboxylic acids is 1. The molecule has 0 fully saturated rings. The lowest BCUT2D eigenvalue weighted by Crippen LogP contribution is -2.15. The highest BCUT2D eigenvalue weighted by Crippen LogP contribution is 2.29. The van der Waals surface area contributed by atoms with Gasteiger partial charge in [0.05, 0.1) is 19.1 Å². The molecule has 0 saturated carbocycles. The van der Waals surface area contributed by atoms with Crippen molar-refractivity contribution < 1.29 is 22.7 Å². The first-order valence-corrected chi connectivity index (χ1v) is 11.3. The lowest BCUT2D eigenvalue weighted by atomic mass is 10.1. The Balaban J connectivity index is 1.37. The number of methoxy groups -OCH3 is 1. The molecule has 0 spiro atoms. The molecule has 1 heterocycles. The van der Waals surface area contributed by atoms with Gasteiger partial charge in [-0.15, -0.1) is 0 Å². The van der Waals surface area contributed by atoms with Crippen LogP contribution in [0.2, 0.25) is 0 Å². The third-order valence-corrected chi connectivity index (χ3v) is 5.26. The van der Waals surface area contributed by atoms with Gasteiger partial charge in [-0.05, 0) is 67.1 Å². The molecule has 0 aliphatic heterocycles. The Kier molecular flexibility index (Phi) is 7.57. The van der Waals surface area contributed by atoms with Crippen LogP contribution in [0.4, 0.5) is 42.0 Å². The second-order valence-corrected chi connectivity index (χ2v) is 8.20. The van der Waals surface area contributed by atoms with E-state index in [1.165, 1.54) is 12.1 Å². The summed E-state index contributed by atoms with van der Waals surface area (Å²) in [6.07, 6.45) is -4.63. The topological polar surface area (TPSA) is 88.2 Å². The minimum Gasteiger partial charge on any atom is -0.497 e. The number of nitrogens with zero attached hydrogens (tertiary/aromatic N) is 2. The van der Waals surface area contributed by atoms with Crippen molar-refractivity contribution in [1.29, 1.82) is 0 Å². The second-order valence-electron chi connectivity index (χ2n) is 8.20. The van der Waals surface area contributed by atoms with Crippen LogP contribution in [0.25, 0.3) is 0 Å². The molecule has 4 rings (SSSR count). The van der Waals surface area contributed by atoms with Crippen LogP contribution in [0.3, 0.4) is 0 Å². The molecule has 190 valence electrons. The van der Waals surface area contributed by atoms with Gasteiger partial charge in [0.2, 0.25) is 11.9 Å². The van der Waals surface area contributed by atoms with Crippen LogP contribution in [-0.4, -0.2) is 23.0 Å². The summed E-state index contributed by atoms with van der Waals surface area (Å²) < 4.78 is 43.8. The third kappa shape index (κ3) is 7.20. The van der Waals surface area contributed by atoms with Crippen molar-refractivity contribution in [1.82, 2.24) is 9.97 Å². The van der Waals surface area contributed by atoms with Crippen molar-refractivity contribution >= 4 is 34.7 Å². The predicted molar refractivity (Wildman–Crippen MR) is 137 cm³/mol. The molecule has 3 aromatic carbocycles. The Hall–Kier alpha value is -4.60. The van der Waals surface area contributed by atoms with Gasteiger partial charge in [0, 0.05) is 28.8 Å². The molecule has 1 amide bonds. The number of hydrogen-bond donors (Lipinski definition) is 3. The van der Waals surface area contributed by atoms with E-state index in [4.69, 9.17) is 4.74 Å². The molecule has 0 bridgehead atoms. The van der Waals surface area contributed by atoms with Crippen LogP contribution in [0.1, 0.15) is 16.8 Å². The Bertz CT molecular complexity index is 1370. The van der Waals surface area contributed by atoms with Gasteiger partial charge >= 0.3 is 6.18 Å². The quantitative estimate of drug-likeness (QED) is 0.253. The van der Waals surface area contributed by atoms with Gasteiger partial charge in [0.1, 0.15) is 11.6 Å². The molecule has 0 unspecified atom stereocenters. The number of alkyl halides is 3. The van der Waals surface area contributed by atoms with Gasteiger partial charge in [-0.25, -0.2) is 4.98 Å². The van der Waals surface area contributed by atoms with Crippen LogP contribution in [0, 0.1) is 6.92 Å². The van der Waals surface area contributed by atoms with Gasteiger partial charge in [0.25, 0.3) is 0 Å². The Labute approximate surface area is 211 Å². The van der Waals surface area contributed by atoms with Crippen molar-refractivity contribution in [2.24, 2.45) is 0 Å². The second kappa shape index (κ2) is 11.0. The van der Waals surface area contributed by atoms with Gasteiger partial charge < -0.3 is 20.7 Å². The highest BCUT2D eigenvalue weighted by Gasteiger charge is 2.30. The van der Waals surface area contributed by atoms with Crippen LogP contribution < -0.4 is 20.7 Å². The maximum absolute atomic E-state index is 12.9.